The van der Waals surface area contributed by atoms with Crippen LogP contribution in [0, 0.1) is 0 Å². The second-order valence-corrected chi connectivity index (χ2v) is 4.89. The normalized spacial score (nSPS) is 10.1. The van der Waals surface area contributed by atoms with Gasteiger partial charge in [-0.05, 0) is 37.3 Å². The van der Waals surface area contributed by atoms with Gasteiger partial charge in [-0.15, -0.1) is 0 Å². The van der Waals surface area contributed by atoms with E-state index in [1.165, 1.54) is 6.07 Å². The van der Waals surface area contributed by atoms with Gasteiger partial charge in [0.25, 0.3) is 5.91 Å². The zero-order chi connectivity index (χ0) is 16.1. The summed E-state index contributed by atoms with van der Waals surface area (Å²) in [5, 5.41) is 3.03. The van der Waals surface area contributed by atoms with Gasteiger partial charge in [-0.2, -0.15) is 0 Å². The Balaban J connectivity index is 2.31. The number of nitrogens with one attached hydrogen (secondary N) is 1. The molecule has 1 amide bonds. The number of para-hydroxylation sites is 1. The highest BCUT2D eigenvalue weighted by Gasteiger charge is 2.17. The minimum Gasteiger partial charge on any atom is -0.462 e. The van der Waals surface area contributed by atoms with E-state index in [1.807, 2.05) is 0 Å². The molecule has 2 rings (SSSR count). The van der Waals surface area contributed by atoms with Gasteiger partial charge in [0.15, 0.2) is 0 Å². The highest BCUT2D eigenvalue weighted by molar-refractivity contribution is 6.31. The highest BCUT2D eigenvalue weighted by atomic mass is 35.5. The molecule has 0 heterocycles. The van der Waals surface area contributed by atoms with Crippen LogP contribution in [-0.2, 0) is 4.74 Å². The molecule has 0 unspecified atom stereocenters. The molecule has 2 aromatic carbocycles. The van der Waals surface area contributed by atoms with Gasteiger partial charge in [0.2, 0.25) is 0 Å². The van der Waals surface area contributed by atoms with Crippen LogP contribution in [-0.4, -0.2) is 18.5 Å². The van der Waals surface area contributed by atoms with Crippen molar-refractivity contribution in [2.45, 2.75) is 6.92 Å². The summed E-state index contributed by atoms with van der Waals surface area (Å²) in [4.78, 5) is 24.2. The molecule has 114 valence electrons. The van der Waals surface area contributed by atoms with Crippen molar-refractivity contribution in [3.63, 3.8) is 0 Å². The topological polar surface area (TPSA) is 81.4 Å². The lowest BCUT2D eigenvalue weighted by atomic mass is 10.1. The monoisotopic (exact) mass is 318 g/mol. The second-order valence-electron chi connectivity index (χ2n) is 4.45. The molecule has 0 radical (unpaired) electrons. The number of hydrogen-bond acceptors (Lipinski definition) is 4. The summed E-state index contributed by atoms with van der Waals surface area (Å²) < 4.78 is 4.96. The fourth-order valence-electron chi connectivity index (χ4n) is 1.90. The van der Waals surface area contributed by atoms with E-state index in [4.69, 9.17) is 22.1 Å². The van der Waals surface area contributed by atoms with Crippen LogP contribution in [0.3, 0.4) is 0 Å². The molecule has 2 aromatic rings. The number of halogens is 1. The minimum absolute atomic E-state index is 0.192. The van der Waals surface area contributed by atoms with Crippen molar-refractivity contribution in [2.24, 2.45) is 0 Å². The molecular weight excluding hydrogens is 304 g/mol. The Kier molecular flexibility index (Phi) is 5.01. The fraction of sp³-hybridized carbons (Fsp3) is 0.125. The predicted molar refractivity (Wildman–Crippen MR) is 86.2 cm³/mol. The molecule has 0 saturated heterocycles. The van der Waals surface area contributed by atoms with E-state index in [0.29, 0.717) is 22.0 Å². The molecule has 0 fully saturated rings. The smallest absolute Gasteiger partial charge is 0.340 e. The first-order chi connectivity index (χ1) is 10.5. The number of anilines is 2. The Morgan fingerprint density at radius 1 is 1.18 bits per heavy atom. The van der Waals surface area contributed by atoms with Gasteiger partial charge in [-0.1, -0.05) is 23.7 Å². The predicted octanol–water partition coefficient (Wildman–Crippen LogP) is 3.35. The average Bonchev–Trinajstić information content (AvgIpc) is 2.49. The molecule has 0 aliphatic heterocycles. The van der Waals surface area contributed by atoms with Crippen molar-refractivity contribution in [1.82, 2.24) is 0 Å². The lowest BCUT2D eigenvalue weighted by molar-refractivity contribution is 0.0527. The maximum Gasteiger partial charge on any atom is 0.340 e. The Morgan fingerprint density at radius 2 is 1.91 bits per heavy atom. The number of carbonyl (C=O) groups is 2. The lowest BCUT2D eigenvalue weighted by Crippen LogP contribution is -2.17. The van der Waals surface area contributed by atoms with E-state index >= 15 is 0 Å². The van der Waals surface area contributed by atoms with Gasteiger partial charge >= 0.3 is 5.97 Å². The maximum absolute atomic E-state index is 12.3. The molecule has 22 heavy (non-hydrogen) atoms. The van der Waals surface area contributed by atoms with Crippen molar-refractivity contribution in [2.75, 3.05) is 17.7 Å². The van der Waals surface area contributed by atoms with Gasteiger partial charge in [-0.3, -0.25) is 4.79 Å². The van der Waals surface area contributed by atoms with Crippen molar-refractivity contribution >= 4 is 34.9 Å². The lowest BCUT2D eigenvalue weighted by Gasteiger charge is -2.12. The summed E-state index contributed by atoms with van der Waals surface area (Å²) in [5.74, 6) is -0.965. The van der Waals surface area contributed by atoms with Gasteiger partial charge < -0.3 is 15.8 Å². The van der Waals surface area contributed by atoms with Gasteiger partial charge in [0.1, 0.15) is 0 Å². The van der Waals surface area contributed by atoms with Crippen LogP contribution in [0.1, 0.15) is 27.6 Å². The fourth-order valence-corrected chi connectivity index (χ4v) is 2.07. The molecule has 0 spiro atoms. The van der Waals surface area contributed by atoms with Crippen LogP contribution in [0.2, 0.25) is 5.02 Å². The molecule has 3 N–H and O–H groups in total. The zero-order valence-electron chi connectivity index (χ0n) is 11.9. The molecule has 5 nitrogen and oxygen atoms in total. The van der Waals surface area contributed by atoms with Crippen LogP contribution >= 0.6 is 11.6 Å². The van der Waals surface area contributed by atoms with Crippen LogP contribution in [0.25, 0.3) is 0 Å². The summed E-state index contributed by atoms with van der Waals surface area (Å²) in [6.07, 6.45) is 0. The third-order valence-electron chi connectivity index (χ3n) is 2.93. The standard InChI is InChI=1S/C16H15ClN2O3/c1-2-22-16(21)12-9-10(17)7-8-14(12)19-15(20)11-5-3-4-6-13(11)18/h3-9H,2,18H2,1H3,(H,19,20). The molecule has 0 aliphatic rings. The SMILES string of the molecule is CCOC(=O)c1cc(Cl)ccc1NC(=O)c1ccccc1N. The van der Waals surface area contributed by atoms with Crippen LogP contribution in [0.5, 0.6) is 0 Å². The van der Waals surface area contributed by atoms with Crippen molar-refractivity contribution < 1.29 is 14.3 Å². The molecule has 0 bridgehead atoms. The first kappa shape index (κ1) is 15.9. The highest BCUT2D eigenvalue weighted by Crippen LogP contribution is 2.23. The number of nitrogens with two attached hydrogens (primary N) is 1. The third kappa shape index (κ3) is 3.56. The number of rotatable bonds is 4. The summed E-state index contributed by atoms with van der Waals surface area (Å²) in [6, 6.07) is 11.2. The minimum atomic E-state index is -0.554. The maximum atomic E-state index is 12.3. The number of benzene rings is 2. The number of ether oxygens (including phenoxy) is 1. The number of carbonyl (C=O) groups excluding carboxylic acids is 2. The van der Waals surface area contributed by atoms with E-state index in [9.17, 15) is 9.59 Å². The van der Waals surface area contributed by atoms with Crippen molar-refractivity contribution in [1.29, 1.82) is 0 Å². The largest absolute Gasteiger partial charge is 0.462 e. The van der Waals surface area contributed by atoms with E-state index in [2.05, 4.69) is 5.32 Å². The van der Waals surface area contributed by atoms with E-state index < -0.39 is 11.9 Å². The second kappa shape index (κ2) is 6.95. The molecule has 0 atom stereocenters. The van der Waals surface area contributed by atoms with E-state index in [-0.39, 0.29) is 12.2 Å². The molecule has 0 aliphatic carbocycles. The van der Waals surface area contributed by atoms with Crippen molar-refractivity contribution in [3.8, 4) is 0 Å². The Bertz CT molecular complexity index is 716. The number of amides is 1. The first-order valence-electron chi connectivity index (χ1n) is 6.65. The molecule has 6 heteroatoms. The third-order valence-corrected chi connectivity index (χ3v) is 3.17. The van der Waals surface area contributed by atoms with Crippen LogP contribution in [0.15, 0.2) is 42.5 Å². The van der Waals surface area contributed by atoms with Gasteiger partial charge in [0, 0.05) is 10.7 Å². The molecule has 0 aromatic heterocycles. The average molecular weight is 319 g/mol. The zero-order valence-corrected chi connectivity index (χ0v) is 12.7. The summed E-state index contributed by atoms with van der Waals surface area (Å²) >= 11 is 5.90. The number of esters is 1. The Morgan fingerprint density at radius 3 is 2.59 bits per heavy atom. The first-order valence-corrected chi connectivity index (χ1v) is 7.03. The van der Waals surface area contributed by atoms with Gasteiger partial charge in [0.05, 0.1) is 23.4 Å². The Hall–Kier alpha value is -2.53. The molecule has 0 saturated carbocycles. The van der Waals surface area contributed by atoms with Crippen LogP contribution < -0.4 is 11.1 Å². The van der Waals surface area contributed by atoms with Crippen molar-refractivity contribution in [3.05, 3.63) is 58.6 Å². The summed E-state index contributed by atoms with van der Waals surface area (Å²) in [6.45, 7) is 1.93. The van der Waals surface area contributed by atoms with E-state index in [0.717, 1.165) is 0 Å². The summed E-state index contributed by atoms with van der Waals surface area (Å²) in [7, 11) is 0. The Labute approximate surface area is 133 Å². The summed E-state index contributed by atoms with van der Waals surface area (Å²) in [5.41, 5.74) is 6.96. The van der Waals surface area contributed by atoms with Gasteiger partial charge in [-0.25, -0.2) is 4.79 Å². The van der Waals surface area contributed by atoms with Crippen LogP contribution in [0.4, 0.5) is 11.4 Å². The quantitative estimate of drug-likeness (QED) is 0.669. The molecular formula is C16H15ClN2O3. The van der Waals surface area contributed by atoms with E-state index in [1.54, 1.807) is 43.3 Å². The number of nitrogen functional groups attached to an aromatic ring is 1. The number of hydrogen-bond donors (Lipinski definition) is 2.